The molecule has 0 atom stereocenters. The molecule has 0 fully saturated rings. The summed E-state index contributed by atoms with van der Waals surface area (Å²) in [6, 6.07) is 8.06. The number of phenols is 1. The molecular weight excluding hydrogens is 310 g/mol. The number of nitrogens with one attached hydrogen (secondary N) is 2. The van der Waals surface area contributed by atoms with Crippen molar-refractivity contribution in [1.29, 1.82) is 0 Å². The maximum atomic E-state index is 12.0. The summed E-state index contributed by atoms with van der Waals surface area (Å²) in [6.45, 7) is 0.559. The zero-order chi connectivity index (χ0) is 17.4. The Hall–Kier alpha value is -3.09. The Morgan fingerprint density at radius 2 is 2.08 bits per heavy atom. The third kappa shape index (κ3) is 4.98. The van der Waals surface area contributed by atoms with Crippen LogP contribution in [0.5, 0.6) is 11.5 Å². The van der Waals surface area contributed by atoms with Crippen LogP contribution in [0.15, 0.2) is 42.7 Å². The molecule has 24 heavy (non-hydrogen) atoms. The number of rotatable bonds is 7. The summed E-state index contributed by atoms with van der Waals surface area (Å²) in [5, 5.41) is 15.1. The summed E-state index contributed by atoms with van der Waals surface area (Å²) < 4.78 is 4.96. The molecule has 2 aromatic rings. The van der Waals surface area contributed by atoms with Gasteiger partial charge in [0.25, 0.3) is 5.91 Å². The second kappa shape index (κ2) is 8.52. The first-order valence-corrected chi connectivity index (χ1v) is 7.41. The van der Waals surface area contributed by atoms with E-state index in [9.17, 15) is 14.7 Å². The van der Waals surface area contributed by atoms with Crippen molar-refractivity contribution in [2.24, 2.45) is 0 Å². The lowest BCUT2D eigenvalue weighted by Gasteiger charge is -2.08. The van der Waals surface area contributed by atoms with E-state index in [0.717, 1.165) is 5.56 Å². The van der Waals surface area contributed by atoms with Crippen LogP contribution >= 0.6 is 0 Å². The van der Waals surface area contributed by atoms with Crippen molar-refractivity contribution >= 4 is 11.8 Å². The number of ether oxygens (including phenoxy) is 1. The predicted molar refractivity (Wildman–Crippen MR) is 87.7 cm³/mol. The standard InChI is InChI=1S/C17H19N3O4/c1-24-13-4-5-14(15(21)9-13)17(23)19-8-6-16(22)20-11-12-3-2-7-18-10-12/h2-5,7,9-10,21H,6,8,11H2,1H3,(H,19,23)(H,20,22). The molecule has 0 bridgehead atoms. The Bertz CT molecular complexity index is 704. The number of methoxy groups -OCH3 is 1. The number of pyridine rings is 1. The topological polar surface area (TPSA) is 101 Å². The summed E-state index contributed by atoms with van der Waals surface area (Å²) in [5.41, 5.74) is 1.03. The molecule has 1 aromatic heterocycles. The molecule has 0 radical (unpaired) electrons. The van der Waals surface area contributed by atoms with Gasteiger partial charge < -0.3 is 20.5 Å². The summed E-state index contributed by atoms with van der Waals surface area (Å²) in [5.74, 6) is -0.347. The minimum atomic E-state index is -0.449. The van der Waals surface area contributed by atoms with Gasteiger partial charge in [0.15, 0.2) is 0 Å². The van der Waals surface area contributed by atoms with Crippen LogP contribution in [0.2, 0.25) is 0 Å². The first kappa shape index (κ1) is 17.3. The van der Waals surface area contributed by atoms with Crippen LogP contribution in [0.1, 0.15) is 22.3 Å². The van der Waals surface area contributed by atoms with Crippen molar-refractivity contribution in [3.8, 4) is 11.5 Å². The van der Waals surface area contributed by atoms with Crippen molar-refractivity contribution in [2.45, 2.75) is 13.0 Å². The molecule has 0 spiro atoms. The minimum absolute atomic E-state index is 0.131. The fourth-order valence-electron chi connectivity index (χ4n) is 2.01. The molecule has 2 amide bonds. The number of aromatic hydroxyl groups is 1. The fraction of sp³-hybridized carbons (Fsp3) is 0.235. The first-order valence-electron chi connectivity index (χ1n) is 7.41. The van der Waals surface area contributed by atoms with Crippen LogP contribution in [0.25, 0.3) is 0 Å². The number of carbonyl (C=O) groups is 2. The Kier molecular flexibility index (Phi) is 6.13. The van der Waals surface area contributed by atoms with Crippen molar-refractivity contribution in [3.05, 3.63) is 53.9 Å². The summed E-state index contributed by atoms with van der Waals surface area (Å²) in [7, 11) is 1.47. The van der Waals surface area contributed by atoms with E-state index in [0.29, 0.717) is 12.3 Å². The summed E-state index contributed by atoms with van der Waals surface area (Å²) in [4.78, 5) is 27.7. The third-order valence-electron chi connectivity index (χ3n) is 3.30. The average Bonchev–Trinajstić information content (AvgIpc) is 2.60. The van der Waals surface area contributed by atoms with Gasteiger partial charge in [-0.15, -0.1) is 0 Å². The quantitative estimate of drug-likeness (QED) is 0.709. The second-order valence-electron chi connectivity index (χ2n) is 5.03. The summed E-state index contributed by atoms with van der Waals surface area (Å²) in [6.07, 6.45) is 3.48. The number of carbonyl (C=O) groups excluding carboxylic acids is 2. The lowest BCUT2D eigenvalue weighted by molar-refractivity contribution is -0.121. The average molecular weight is 329 g/mol. The highest BCUT2D eigenvalue weighted by Crippen LogP contribution is 2.23. The molecule has 2 rings (SSSR count). The van der Waals surface area contributed by atoms with Crippen molar-refractivity contribution in [3.63, 3.8) is 0 Å². The van der Waals surface area contributed by atoms with E-state index < -0.39 is 5.91 Å². The number of nitrogens with zero attached hydrogens (tertiary/aromatic N) is 1. The molecule has 0 aliphatic rings. The Morgan fingerprint density at radius 3 is 2.75 bits per heavy atom. The molecule has 0 saturated carbocycles. The number of amides is 2. The number of hydrogen-bond donors (Lipinski definition) is 3. The maximum Gasteiger partial charge on any atom is 0.255 e. The van der Waals surface area contributed by atoms with E-state index in [1.807, 2.05) is 6.07 Å². The normalized spacial score (nSPS) is 10.0. The van der Waals surface area contributed by atoms with E-state index in [4.69, 9.17) is 4.74 Å². The maximum absolute atomic E-state index is 12.0. The van der Waals surface area contributed by atoms with Crippen molar-refractivity contribution < 1.29 is 19.4 Å². The summed E-state index contributed by atoms with van der Waals surface area (Å²) >= 11 is 0. The van der Waals surface area contributed by atoms with Gasteiger partial charge in [0, 0.05) is 38.0 Å². The molecule has 0 unspecified atom stereocenters. The third-order valence-corrected chi connectivity index (χ3v) is 3.30. The zero-order valence-corrected chi connectivity index (χ0v) is 13.3. The first-order chi connectivity index (χ1) is 11.6. The largest absolute Gasteiger partial charge is 0.507 e. The van der Waals surface area contributed by atoms with Gasteiger partial charge in [-0.2, -0.15) is 0 Å². The molecule has 1 aromatic carbocycles. The molecule has 0 aliphatic carbocycles. The molecule has 126 valence electrons. The van der Waals surface area contributed by atoms with E-state index >= 15 is 0 Å². The Balaban J connectivity index is 1.75. The van der Waals surface area contributed by atoms with E-state index in [2.05, 4.69) is 15.6 Å². The van der Waals surface area contributed by atoms with Crippen LogP contribution < -0.4 is 15.4 Å². The minimum Gasteiger partial charge on any atom is -0.507 e. The predicted octanol–water partition coefficient (Wildman–Crippen LogP) is 1.23. The van der Waals surface area contributed by atoms with Crippen molar-refractivity contribution in [1.82, 2.24) is 15.6 Å². The van der Waals surface area contributed by atoms with E-state index in [-0.39, 0.29) is 30.2 Å². The molecule has 0 saturated heterocycles. The van der Waals surface area contributed by atoms with Crippen LogP contribution in [-0.2, 0) is 11.3 Å². The van der Waals surface area contributed by atoms with Crippen molar-refractivity contribution in [2.75, 3.05) is 13.7 Å². The molecule has 7 heteroatoms. The van der Waals surface area contributed by atoms with Crippen LogP contribution in [0.3, 0.4) is 0 Å². The Morgan fingerprint density at radius 1 is 1.25 bits per heavy atom. The molecule has 3 N–H and O–H groups in total. The lowest BCUT2D eigenvalue weighted by atomic mass is 10.1. The van der Waals surface area contributed by atoms with Crippen LogP contribution in [-0.4, -0.2) is 35.6 Å². The van der Waals surface area contributed by atoms with Crippen LogP contribution in [0, 0.1) is 0 Å². The van der Waals surface area contributed by atoms with Crippen LogP contribution in [0.4, 0.5) is 0 Å². The zero-order valence-electron chi connectivity index (χ0n) is 13.3. The lowest BCUT2D eigenvalue weighted by Crippen LogP contribution is -2.30. The smallest absolute Gasteiger partial charge is 0.255 e. The number of hydrogen-bond acceptors (Lipinski definition) is 5. The Labute approximate surface area is 139 Å². The van der Waals surface area contributed by atoms with Gasteiger partial charge in [0.1, 0.15) is 11.5 Å². The monoisotopic (exact) mass is 329 g/mol. The van der Waals surface area contributed by atoms with Gasteiger partial charge in [-0.05, 0) is 23.8 Å². The van der Waals surface area contributed by atoms with E-state index in [1.165, 1.54) is 19.2 Å². The highest BCUT2D eigenvalue weighted by atomic mass is 16.5. The molecule has 7 nitrogen and oxygen atoms in total. The number of benzene rings is 1. The van der Waals surface area contributed by atoms with Gasteiger partial charge in [-0.1, -0.05) is 6.07 Å². The second-order valence-corrected chi connectivity index (χ2v) is 5.03. The van der Waals surface area contributed by atoms with Gasteiger partial charge in [0.2, 0.25) is 5.91 Å². The highest BCUT2D eigenvalue weighted by molar-refractivity contribution is 5.97. The number of phenolic OH excluding ortho intramolecular Hbond substituents is 1. The van der Waals surface area contributed by atoms with Gasteiger partial charge >= 0.3 is 0 Å². The molecular formula is C17H19N3O4. The van der Waals surface area contributed by atoms with Gasteiger partial charge in [-0.25, -0.2) is 0 Å². The SMILES string of the molecule is COc1ccc(C(=O)NCCC(=O)NCc2cccnc2)c(O)c1. The van der Waals surface area contributed by atoms with Gasteiger partial charge in [0.05, 0.1) is 12.7 Å². The fourth-order valence-corrected chi connectivity index (χ4v) is 2.01. The number of aromatic nitrogens is 1. The molecule has 1 heterocycles. The molecule has 0 aliphatic heterocycles. The van der Waals surface area contributed by atoms with Gasteiger partial charge in [-0.3, -0.25) is 14.6 Å². The highest BCUT2D eigenvalue weighted by Gasteiger charge is 2.12. The van der Waals surface area contributed by atoms with E-state index in [1.54, 1.807) is 24.5 Å².